The lowest BCUT2D eigenvalue weighted by atomic mass is 10.0. The first-order chi connectivity index (χ1) is 22.1. The van der Waals surface area contributed by atoms with E-state index in [2.05, 4.69) is 10.5 Å². The van der Waals surface area contributed by atoms with Crippen LogP contribution >= 0.6 is 0 Å². The number of piperidine rings is 1. The number of aromatic nitrogens is 1. The number of likely N-dealkylation sites (tertiary alicyclic amines) is 1. The number of likely N-dealkylation sites (N-methyl/N-ethyl adjacent to an activating group) is 1. The lowest BCUT2D eigenvalue weighted by Crippen LogP contribution is -2.57. The van der Waals surface area contributed by atoms with E-state index in [0.717, 1.165) is 11.1 Å². The molecule has 246 valence electrons. The van der Waals surface area contributed by atoms with Crippen LogP contribution in [0.4, 0.5) is 0 Å². The van der Waals surface area contributed by atoms with Gasteiger partial charge < -0.3 is 39.0 Å². The molecule has 4 bridgehead atoms. The number of carbonyl (C=O) groups is 4. The van der Waals surface area contributed by atoms with Crippen LogP contribution in [0.25, 0.3) is 0 Å². The Balaban J connectivity index is 0.00000154. The van der Waals surface area contributed by atoms with Gasteiger partial charge in [-0.2, -0.15) is 0 Å². The van der Waals surface area contributed by atoms with Crippen molar-refractivity contribution >= 4 is 24.2 Å². The van der Waals surface area contributed by atoms with Gasteiger partial charge in [0, 0.05) is 38.5 Å². The van der Waals surface area contributed by atoms with Gasteiger partial charge in [0.05, 0.1) is 32.4 Å². The Kier molecular flexibility index (Phi) is 11.7. The first-order valence-electron chi connectivity index (χ1n) is 15.0. The second-order valence-electron chi connectivity index (χ2n) is 11.4. The normalized spacial score (nSPS) is 19.0. The Morgan fingerprint density at radius 1 is 1.13 bits per heavy atom. The predicted octanol–water partition coefficient (Wildman–Crippen LogP) is 3.62. The number of nitrogens with zero attached hydrogens (tertiary/aromatic N) is 3. The van der Waals surface area contributed by atoms with Crippen molar-refractivity contribution in [1.29, 1.82) is 0 Å². The fourth-order valence-electron chi connectivity index (χ4n) is 5.24. The van der Waals surface area contributed by atoms with Crippen molar-refractivity contribution in [2.75, 3.05) is 33.8 Å². The first kappa shape index (κ1) is 34.0. The van der Waals surface area contributed by atoms with E-state index in [0.29, 0.717) is 42.4 Å². The maximum absolute atomic E-state index is 13.3. The van der Waals surface area contributed by atoms with E-state index >= 15 is 0 Å². The zero-order chi connectivity index (χ0) is 33.2. The van der Waals surface area contributed by atoms with Crippen molar-refractivity contribution in [3.63, 3.8) is 0 Å². The van der Waals surface area contributed by atoms with Crippen LogP contribution in [0.5, 0.6) is 17.2 Å². The molecule has 46 heavy (non-hydrogen) atoms. The fourth-order valence-corrected chi connectivity index (χ4v) is 5.24. The van der Waals surface area contributed by atoms with Gasteiger partial charge in [-0.3, -0.25) is 19.2 Å². The van der Waals surface area contributed by atoms with Gasteiger partial charge in [-0.05, 0) is 48.2 Å². The van der Waals surface area contributed by atoms with Crippen LogP contribution in [0.3, 0.4) is 0 Å². The topological polar surface area (TPSA) is 161 Å². The van der Waals surface area contributed by atoms with Crippen LogP contribution in [0, 0.1) is 0 Å². The maximum Gasteiger partial charge on any atom is 0.290 e. The van der Waals surface area contributed by atoms with Crippen LogP contribution in [0.1, 0.15) is 60.0 Å². The molecule has 1 aromatic heterocycles. The number of ether oxygens (including phenoxy) is 3. The van der Waals surface area contributed by atoms with E-state index in [1.54, 1.807) is 25.1 Å². The number of aryl methyl sites for hydroxylation is 1. The molecule has 0 spiro atoms. The summed E-state index contributed by atoms with van der Waals surface area (Å²) in [7, 11) is 3.19. The zero-order valence-electron chi connectivity index (χ0n) is 26.4. The summed E-state index contributed by atoms with van der Waals surface area (Å²) in [5.41, 5.74) is 2.03. The van der Waals surface area contributed by atoms with E-state index in [4.69, 9.17) is 28.6 Å². The molecule has 0 unspecified atom stereocenters. The molecule has 2 aromatic carbocycles. The van der Waals surface area contributed by atoms with E-state index in [1.165, 1.54) is 4.90 Å². The van der Waals surface area contributed by atoms with Gasteiger partial charge in [-0.25, -0.2) is 0 Å². The molecule has 3 amide bonds. The molecule has 0 aliphatic carbocycles. The van der Waals surface area contributed by atoms with Gasteiger partial charge >= 0.3 is 0 Å². The molecule has 1 saturated heterocycles. The number of carbonyl (C=O) groups excluding carboxylic acids is 3. The Morgan fingerprint density at radius 2 is 1.91 bits per heavy atom. The summed E-state index contributed by atoms with van der Waals surface area (Å²) in [4.78, 5) is 50.7. The van der Waals surface area contributed by atoms with Crippen molar-refractivity contribution in [1.82, 2.24) is 20.3 Å². The number of hydrogen-bond acceptors (Lipinski definition) is 9. The van der Waals surface area contributed by atoms with Gasteiger partial charge in [-0.1, -0.05) is 37.2 Å². The largest absolute Gasteiger partial charge is 0.493 e. The van der Waals surface area contributed by atoms with E-state index in [1.807, 2.05) is 56.3 Å². The summed E-state index contributed by atoms with van der Waals surface area (Å²) >= 11 is 0. The minimum absolute atomic E-state index is 0.0836. The van der Waals surface area contributed by atoms with E-state index in [-0.39, 0.29) is 68.0 Å². The molecule has 0 saturated carbocycles. The average Bonchev–Trinajstić information content (AvgIpc) is 3.54. The van der Waals surface area contributed by atoms with Crippen LogP contribution < -0.4 is 14.8 Å². The molecule has 2 atom stereocenters. The third kappa shape index (κ3) is 8.84. The third-order valence-corrected chi connectivity index (χ3v) is 7.76. The minimum Gasteiger partial charge on any atom is -0.493 e. The number of nitrogens with one attached hydrogen (secondary N) is 1. The molecule has 2 N–H and O–H groups in total. The number of benzene rings is 2. The van der Waals surface area contributed by atoms with Gasteiger partial charge in [0.15, 0.2) is 17.2 Å². The number of hydrogen-bond donors (Lipinski definition) is 2. The summed E-state index contributed by atoms with van der Waals surface area (Å²) < 4.78 is 23.4. The zero-order valence-corrected chi connectivity index (χ0v) is 26.4. The first-order valence-corrected chi connectivity index (χ1v) is 15.0. The summed E-state index contributed by atoms with van der Waals surface area (Å²) in [5, 5.41) is 13.9. The van der Waals surface area contributed by atoms with Gasteiger partial charge in [0.25, 0.3) is 12.4 Å². The average molecular weight is 637 g/mol. The summed E-state index contributed by atoms with van der Waals surface area (Å²) in [6.07, 6.45) is 0.704. The molecule has 4 heterocycles. The Bertz CT molecular complexity index is 1520. The standard InChI is InChI=1S/C32H38N4O7.CH2O2/c1-20(2)27-16-25(34-43-27)32(39)36-13-12-24-29(17-36)41-19-22-6-5-7-23(14-22)42-26-10-8-21(15-28(26)40-4)9-11-31(38)35(3)18-30(37)33-24;2-1-3/h5-8,10,14-16,20,24,29H,9,11-13,17-19H2,1-4H3,(H,33,37);1H,(H,2,3)/t24-,29-;/m0./s1. The highest BCUT2D eigenvalue weighted by molar-refractivity contribution is 5.92. The van der Waals surface area contributed by atoms with Crippen LogP contribution in [-0.4, -0.2) is 90.2 Å². The predicted molar refractivity (Wildman–Crippen MR) is 166 cm³/mol. The van der Waals surface area contributed by atoms with Gasteiger partial charge in [-0.15, -0.1) is 0 Å². The number of methoxy groups -OCH3 is 1. The summed E-state index contributed by atoms with van der Waals surface area (Å²) in [5.74, 6) is 1.78. The fraction of sp³-hybridized carbons (Fsp3) is 0.424. The molecule has 13 nitrogen and oxygen atoms in total. The number of rotatable bonds is 3. The Morgan fingerprint density at radius 3 is 2.63 bits per heavy atom. The smallest absolute Gasteiger partial charge is 0.290 e. The Hall–Kier alpha value is -4.91. The Labute approximate surface area is 267 Å². The van der Waals surface area contributed by atoms with Crippen molar-refractivity contribution < 1.29 is 43.0 Å². The van der Waals surface area contributed by atoms with Gasteiger partial charge in [0.1, 0.15) is 11.5 Å². The lowest BCUT2D eigenvalue weighted by Gasteiger charge is -2.38. The molecular weight excluding hydrogens is 596 g/mol. The molecule has 3 aromatic rings. The second-order valence-corrected chi connectivity index (χ2v) is 11.4. The van der Waals surface area contributed by atoms with Gasteiger partial charge in [0.2, 0.25) is 11.8 Å². The molecule has 3 aliphatic rings. The molecule has 0 radical (unpaired) electrons. The van der Waals surface area contributed by atoms with E-state index in [9.17, 15) is 14.4 Å². The van der Waals surface area contributed by atoms with Crippen molar-refractivity contribution in [2.45, 2.75) is 57.8 Å². The molecular formula is C33H40N4O9. The van der Waals surface area contributed by atoms with Crippen molar-refractivity contribution in [2.24, 2.45) is 0 Å². The molecule has 6 rings (SSSR count). The summed E-state index contributed by atoms with van der Waals surface area (Å²) in [6, 6.07) is 14.4. The maximum atomic E-state index is 13.3. The molecule has 13 heteroatoms. The highest BCUT2D eigenvalue weighted by atomic mass is 16.5. The number of amides is 3. The summed E-state index contributed by atoms with van der Waals surface area (Å²) in [6.45, 7) is 4.49. The lowest BCUT2D eigenvalue weighted by molar-refractivity contribution is -0.135. The number of carboxylic acid groups (broad SMARTS) is 1. The quantitative estimate of drug-likeness (QED) is 0.407. The van der Waals surface area contributed by atoms with Crippen LogP contribution in [0.2, 0.25) is 0 Å². The second kappa shape index (κ2) is 15.9. The van der Waals surface area contributed by atoms with Crippen LogP contribution in [-0.2, 0) is 32.1 Å². The number of fused-ring (bicyclic) bond motifs is 9. The SMILES string of the molecule is COc1cc2ccc1Oc1cccc(c1)CO[C@H]1CN(C(=O)c3cc(C(C)C)on3)CC[C@@H]1NC(=O)CN(C)C(=O)CC2.O=CO. The van der Waals surface area contributed by atoms with E-state index < -0.39 is 6.10 Å². The highest BCUT2D eigenvalue weighted by Gasteiger charge is 2.35. The minimum atomic E-state index is -0.502. The highest BCUT2D eigenvalue weighted by Crippen LogP contribution is 2.33. The molecule has 3 aliphatic heterocycles. The third-order valence-electron chi connectivity index (χ3n) is 7.76. The van der Waals surface area contributed by atoms with Crippen molar-refractivity contribution in [3.05, 3.63) is 71.1 Å². The molecule has 1 fully saturated rings. The monoisotopic (exact) mass is 636 g/mol. The van der Waals surface area contributed by atoms with Crippen LogP contribution in [0.15, 0.2) is 53.1 Å². The van der Waals surface area contributed by atoms with Crippen molar-refractivity contribution in [3.8, 4) is 17.2 Å².